The Morgan fingerprint density at radius 2 is 1.64 bits per heavy atom. The molecule has 0 fully saturated rings. The van der Waals surface area contributed by atoms with Gasteiger partial charge in [-0.05, 0) is 48.4 Å². The molecule has 2 aromatic heterocycles. The molecule has 0 unspecified atom stereocenters. The number of nitro benzene ring substituents is 1. The number of allylic oxidation sites excluding steroid dienone is 2. The van der Waals surface area contributed by atoms with Gasteiger partial charge in [0, 0.05) is 46.8 Å². The summed E-state index contributed by atoms with van der Waals surface area (Å²) in [5, 5.41) is 16.9. The van der Waals surface area contributed by atoms with E-state index in [4.69, 9.17) is 5.10 Å². The maximum absolute atomic E-state index is 13.9. The van der Waals surface area contributed by atoms with E-state index in [1.54, 1.807) is 18.3 Å². The minimum Gasteiger partial charge on any atom is -0.267 e. The first-order valence-corrected chi connectivity index (χ1v) is 11.5. The molecule has 3 aromatic carbocycles. The van der Waals surface area contributed by atoms with Crippen LogP contribution in [-0.2, 0) is 6.42 Å². The number of nitro groups is 1. The first-order chi connectivity index (χ1) is 17.5. The highest BCUT2D eigenvalue weighted by molar-refractivity contribution is 6.23. The van der Waals surface area contributed by atoms with Gasteiger partial charge in [0.05, 0.1) is 16.1 Å². The predicted molar refractivity (Wildman–Crippen MR) is 138 cm³/mol. The van der Waals surface area contributed by atoms with E-state index in [9.17, 15) is 14.9 Å². The fraction of sp³-hybridized carbons (Fsp3) is 0.0690. The van der Waals surface area contributed by atoms with Crippen molar-refractivity contribution >= 4 is 28.1 Å². The standard InChI is InChI=1S/C29H20N4O3/c1-18-16-25-27(19-6-3-2-4-7-19)28(20-9-12-23(13-10-20)33(35)36)31-32(25)29(34)26(18)22-11-14-24-21(17-22)8-5-15-30-24/h2-15,17H,16H2,1H3. The van der Waals surface area contributed by atoms with Crippen LogP contribution in [-0.4, -0.2) is 25.6 Å². The van der Waals surface area contributed by atoms with Gasteiger partial charge in [0.25, 0.3) is 11.6 Å². The van der Waals surface area contributed by atoms with E-state index in [0.29, 0.717) is 23.3 Å². The Balaban J connectivity index is 1.52. The third kappa shape index (κ3) is 3.49. The van der Waals surface area contributed by atoms with Crippen LogP contribution in [0.25, 0.3) is 38.9 Å². The van der Waals surface area contributed by atoms with Gasteiger partial charge in [-0.1, -0.05) is 48.0 Å². The lowest BCUT2D eigenvalue weighted by Crippen LogP contribution is -2.23. The van der Waals surface area contributed by atoms with E-state index in [-0.39, 0.29) is 11.6 Å². The van der Waals surface area contributed by atoms with Gasteiger partial charge < -0.3 is 0 Å². The quantitative estimate of drug-likeness (QED) is 0.225. The van der Waals surface area contributed by atoms with E-state index >= 15 is 0 Å². The third-order valence-corrected chi connectivity index (χ3v) is 6.55. The van der Waals surface area contributed by atoms with Crippen molar-refractivity contribution in [1.82, 2.24) is 14.8 Å². The Kier molecular flexibility index (Phi) is 5.04. The van der Waals surface area contributed by atoms with Crippen LogP contribution >= 0.6 is 0 Å². The van der Waals surface area contributed by atoms with Crippen molar-refractivity contribution in [3.63, 3.8) is 0 Å². The van der Waals surface area contributed by atoms with E-state index in [1.807, 2.05) is 67.6 Å². The molecule has 5 aromatic rings. The number of hydrogen-bond acceptors (Lipinski definition) is 5. The molecule has 7 nitrogen and oxygen atoms in total. The summed E-state index contributed by atoms with van der Waals surface area (Å²) in [6.45, 7) is 1.98. The van der Waals surface area contributed by atoms with Gasteiger partial charge in [-0.2, -0.15) is 9.78 Å². The smallest absolute Gasteiger partial charge is 0.267 e. The van der Waals surface area contributed by atoms with Crippen LogP contribution in [0.1, 0.15) is 23.0 Å². The predicted octanol–water partition coefficient (Wildman–Crippen LogP) is 6.34. The highest BCUT2D eigenvalue weighted by Crippen LogP contribution is 2.40. The first kappa shape index (κ1) is 21.6. The molecule has 174 valence electrons. The summed E-state index contributed by atoms with van der Waals surface area (Å²) in [6, 6.07) is 25.8. The Hall–Kier alpha value is -4.91. The molecule has 1 aliphatic rings. The number of rotatable bonds is 4. The normalized spacial score (nSPS) is 13.2. The van der Waals surface area contributed by atoms with Gasteiger partial charge in [0.1, 0.15) is 5.69 Å². The number of non-ortho nitro benzene ring substituents is 1. The molecule has 0 aliphatic carbocycles. The maximum Gasteiger partial charge on any atom is 0.279 e. The zero-order valence-corrected chi connectivity index (χ0v) is 19.4. The zero-order chi connectivity index (χ0) is 24.8. The van der Waals surface area contributed by atoms with Crippen molar-refractivity contribution in [1.29, 1.82) is 0 Å². The summed E-state index contributed by atoms with van der Waals surface area (Å²) in [5.41, 5.74) is 7.24. The SMILES string of the molecule is CC1=C(c2ccc3ncccc3c2)C(=O)n2nc(-c3ccc([N+](=O)[O-])cc3)c(-c3ccccc3)c2C1. The average Bonchev–Trinajstić information content (AvgIpc) is 3.28. The third-order valence-electron chi connectivity index (χ3n) is 6.55. The molecule has 0 spiro atoms. The van der Waals surface area contributed by atoms with Crippen molar-refractivity contribution < 1.29 is 9.72 Å². The lowest BCUT2D eigenvalue weighted by atomic mass is 9.90. The second-order valence-corrected chi connectivity index (χ2v) is 8.80. The van der Waals surface area contributed by atoms with E-state index in [0.717, 1.165) is 38.9 Å². The monoisotopic (exact) mass is 472 g/mol. The van der Waals surface area contributed by atoms with Gasteiger partial charge in [-0.15, -0.1) is 0 Å². The number of fused-ring (bicyclic) bond motifs is 2. The molecule has 0 radical (unpaired) electrons. The number of aromatic nitrogens is 3. The Morgan fingerprint density at radius 1 is 0.889 bits per heavy atom. The van der Waals surface area contributed by atoms with Crippen molar-refractivity contribution in [2.24, 2.45) is 0 Å². The zero-order valence-electron chi connectivity index (χ0n) is 19.4. The van der Waals surface area contributed by atoms with E-state index in [1.165, 1.54) is 16.8 Å². The van der Waals surface area contributed by atoms with Gasteiger partial charge in [0.2, 0.25) is 0 Å². The minimum absolute atomic E-state index is 0.00523. The number of carbonyl (C=O) groups is 1. The molecule has 7 heteroatoms. The lowest BCUT2D eigenvalue weighted by Gasteiger charge is -2.20. The van der Waals surface area contributed by atoms with Crippen LogP contribution < -0.4 is 0 Å². The van der Waals surface area contributed by atoms with Crippen LogP contribution in [0.15, 0.2) is 96.7 Å². The first-order valence-electron chi connectivity index (χ1n) is 11.5. The van der Waals surface area contributed by atoms with Crippen LogP contribution in [0.3, 0.4) is 0 Å². The van der Waals surface area contributed by atoms with Crippen molar-refractivity contribution in [3.05, 3.63) is 118 Å². The maximum atomic E-state index is 13.9. The summed E-state index contributed by atoms with van der Waals surface area (Å²) in [4.78, 5) is 29.0. The van der Waals surface area contributed by atoms with E-state index < -0.39 is 4.92 Å². The average molecular weight is 473 g/mol. The summed E-state index contributed by atoms with van der Waals surface area (Å²) >= 11 is 0. The molecular weight excluding hydrogens is 452 g/mol. The van der Waals surface area contributed by atoms with Gasteiger partial charge in [-0.3, -0.25) is 19.9 Å². The van der Waals surface area contributed by atoms with Crippen LogP contribution in [0.2, 0.25) is 0 Å². The van der Waals surface area contributed by atoms with Crippen LogP contribution in [0, 0.1) is 10.1 Å². The number of hydrogen-bond donors (Lipinski definition) is 0. The highest BCUT2D eigenvalue weighted by atomic mass is 16.6. The Bertz CT molecular complexity index is 1700. The van der Waals surface area contributed by atoms with Crippen LogP contribution in [0.4, 0.5) is 5.69 Å². The van der Waals surface area contributed by atoms with Gasteiger partial charge in [0.15, 0.2) is 0 Å². The van der Waals surface area contributed by atoms with Crippen LogP contribution in [0.5, 0.6) is 0 Å². The topological polar surface area (TPSA) is 90.9 Å². The molecule has 0 saturated heterocycles. The Labute approximate surface area is 206 Å². The van der Waals surface area contributed by atoms with Gasteiger partial charge in [-0.25, -0.2) is 0 Å². The number of benzene rings is 3. The molecular formula is C29H20N4O3. The molecule has 0 bridgehead atoms. The van der Waals surface area contributed by atoms with Crippen molar-refractivity contribution in [3.8, 4) is 22.4 Å². The number of carbonyl (C=O) groups excluding carboxylic acids is 1. The molecule has 3 heterocycles. The molecule has 1 aliphatic heterocycles. The second-order valence-electron chi connectivity index (χ2n) is 8.80. The molecule has 36 heavy (non-hydrogen) atoms. The van der Waals surface area contributed by atoms with Crippen molar-refractivity contribution in [2.75, 3.05) is 0 Å². The van der Waals surface area contributed by atoms with Gasteiger partial charge >= 0.3 is 0 Å². The fourth-order valence-corrected chi connectivity index (χ4v) is 4.86. The molecule has 0 atom stereocenters. The lowest BCUT2D eigenvalue weighted by molar-refractivity contribution is -0.384. The minimum atomic E-state index is -0.428. The Morgan fingerprint density at radius 3 is 2.39 bits per heavy atom. The largest absolute Gasteiger partial charge is 0.279 e. The summed E-state index contributed by atoms with van der Waals surface area (Å²) in [6.07, 6.45) is 2.30. The number of pyridine rings is 1. The highest BCUT2D eigenvalue weighted by Gasteiger charge is 2.31. The molecule has 0 amide bonds. The second kappa shape index (κ2) is 8.39. The summed E-state index contributed by atoms with van der Waals surface area (Å²) in [7, 11) is 0. The molecule has 0 saturated carbocycles. The number of nitrogens with zero attached hydrogens (tertiary/aromatic N) is 4. The molecule has 0 N–H and O–H groups in total. The summed E-state index contributed by atoms with van der Waals surface area (Å²) < 4.78 is 1.49. The summed E-state index contributed by atoms with van der Waals surface area (Å²) in [5.74, 6) is -0.192. The van der Waals surface area contributed by atoms with Crippen molar-refractivity contribution in [2.45, 2.75) is 13.3 Å². The fourth-order valence-electron chi connectivity index (χ4n) is 4.86. The molecule has 6 rings (SSSR count). The van der Waals surface area contributed by atoms with E-state index in [2.05, 4.69) is 4.98 Å².